The maximum absolute atomic E-state index is 13.4. The first-order valence-corrected chi connectivity index (χ1v) is 10.5. The van der Waals surface area contributed by atoms with Crippen molar-refractivity contribution in [3.8, 4) is 0 Å². The maximum Gasteiger partial charge on any atom is 0.416 e. The van der Waals surface area contributed by atoms with Crippen LogP contribution in [-0.4, -0.2) is 34.5 Å². The molecule has 3 aromatic rings. The standard InChI is InChI=1S/C26H26N2O5/c1-26(24(30)31,23(29)22(27)17-19-11-5-2-6-12-19)28(21-15-9-4-10-16-21)25(32)33-18-20-13-7-3-8-14-20/h2-16,22H,17-18,27H2,1H3,(H,30,31). The quantitative estimate of drug-likeness (QED) is 0.484. The molecule has 3 rings (SSSR count). The van der Waals surface area contributed by atoms with E-state index in [2.05, 4.69) is 0 Å². The third-order valence-corrected chi connectivity index (χ3v) is 5.38. The molecule has 7 heteroatoms. The highest BCUT2D eigenvalue weighted by atomic mass is 16.6. The van der Waals surface area contributed by atoms with Crippen LogP contribution in [0.25, 0.3) is 0 Å². The van der Waals surface area contributed by atoms with Crippen molar-refractivity contribution in [1.29, 1.82) is 0 Å². The number of benzene rings is 3. The molecule has 33 heavy (non-hydrogen) atoms. The molecular formula is C26H26N2O5. The second-order valence-corrected chi connectivity index (χ2v) is 7.75. The summed E-state index contributed by atoms with van der Waals surface area (Å²) in [5, 5.41) is 10.2. The third kappa shape index (κ3) is 5.45. The molecule has 0 aromatic heterocycles. The van der Waals surface area contributed by atoms with E-state index < -0.39 is 29.4 Å². The van der Waals surface area contributed by atoms with Crippen LogP contribution >= 0.6 is 0 Å². The number of carboxylic acid groups (broad SMARTS) is 1. The van der Waals surface area contributed by atoms with Gasteiger partial charge in [0.05, 0.1) is 6.04 Å². The molecule has 2 atom stereocenters. The second kappa shape index (κ2) is 10.6. The Morgan fingerprint density at radius 2 is 1.36 bits per heavy atom. The van der Waals surface area contributed by atoms with Crippen LogP contribution in [0.3, 0.4) is 0 Å². The van der Waals surface area contributed by atoms with E-state index in [1.165, 1.54) is 6.92 Å². The Balaban J connectivity index is 1.94. The Hall–Kier alpha value is -3.97. The maximum atomic E-state index is 13.4. The Bertz CT molecular complexity index is 1090. The average Bonchev–Trinajstić information content (AvgIpc) is 2.84. The van der Waals surface area contributed by atoms with E-state index in [9.17, 15) is 19.5 Å². The summed E-state index contributed by atoms with van der Waals surface area (Å²) in [6, 6.07) is 25.0. The van der Waals surface area contributed by atoms with Crippen molar-refractivity contribution in [2.75, 3.05) is 4.90 Å². The number of ketones is 1. The Labute approximate surface area is 192 Å². The Kier molecular flexibility index (Phi) is 7.58. The van der Waals surface area contributed by atoms with E-state index in [4.69, 9.17) is 10.5 Å². The number of carboxylic acids is 1. The normalized spacial score (nSPS) is 13.4. The van der Waals surface area contributed by atoms with Crippen LogP contribution in [0.15, 0.2) is 91.0 Å². The van der Waals surface area contributed by atoms with Crippen molar-refractivity contribution >= 4 is 23.5 Å². The number of aliphatic carboxylic acids is 1. The highest BCUT2D eigenvalue weighted by molar-refractivity contribution is 6.17. The molecule has 0 spiro atoms. The number of Topliss-reactive ketones (excluding diaryl/α,β-unsaturated/α-hetero) is 1. The molecule has 0 bridgehead atoms. The largest absolute Gasteiger partial charge is 0.479 e. The van der Waals surface area contributed by atoms with Gasteiger partial charge < -0.3 is 15.6 Å². The third-order valence-electron chi connectivity index (χ3n) is 5.38. The fraction of sp³-hybridized carbons (Fsp3) is 0.192. The summed E-state index contributed by atoms with van der Waals surface area (Å²) in [5.41, 5.74) is 5.59. The molecule has 0 aliphatic rings. The summed E-state index contributed by atoms with van der Waals surface area (Å²) in [5.74, 6) is -2.31. The average molecular weight is 447 g/mol. The van der Waals surface area contributed by atoms with Gasteiger partial charge in [0.1, 0.15) is 6.61 Å². The van der Waals surface area contributed by atoms with Crippen molar-refractivity contribution in [3.05, 3.63) is 102 Å². The van der Waals surface area contributed by atoms with Crippen molar-refractivity contribution in [1.82, 2.24) is 0 Å². The molecule has 3 N–H and O–H groups in total. The van der Waals surface area contributed by atoms with Crippen LogP contribution in [0.2, 0.25) is 0 Å². The van der Waals surface area contributed by atoms with Gasteiger partial charge in [0, 0.05) is 5.69 Å². The summed E-state index contributed by atoms with van der Waals surface area (Å²) in [7, 11) is 0. The smallest absolute Gasteiger partial charge is 0.416 e. The lowest BCUT2D eigenvalue weighted by Crippen LogP contribution is -2.64. The summed E-state index contributed by atoms with van der Waals surface area (Å²) >= 11 is 0. The summed E-state index contributed by atoms with van der Waals surface area (Å²) < 4.78 is 5.42. The number of carbonyl (C=O) groups excluding carboxylic acids is 2. The first-order valence-electron chi connectivity index (χ1n) is 10.5. The Morgan fingerprint density at radius 3 is 1.88 bits per heavy atom. The molecule has 0 saturated carbocycles. The Morgan fingerprint density at radius 1 is 0.879 bits per heavy atom. The number of amides is 1. The van der Waals surface area contributed by atoms with Crippen LogP contribution < -0.4 is 10.6 Å². The number of hydrogen-bond acceptors (Lipinski definition) is 5. The first kappa shape index (κ1) is 23.7. The topological polar surface area (TPSA) is 110 Å². The van der Waals surface area contributed by atoms with Gasteiger partial charge in [0.25, 0.3) is 0 Å². The predicted octanol–water partition coefficient (Wildman–Crippen LogP) is 3.81. The molecule has 0 saturated heterocycles. The second-order valence-electron chi connectivity index (χ2n) is 7.75. The van der Waals surface area contributed by atoms with Crippen LogP contribution in [0.5, 0.6) is 0 Å². The van der Waals surface area contributed by atoms with E-state index in [0.29, 0.717) is 0 Å². The molecule has 3 aromatic carbocycles. The number of rotatable bonds is 9. The number of nitrogens with zero attached hydrogens (tertiary/aromatic N) is 1. The monoisotopic (exact) mass is 446 g/mol. The van der Waals surface area contributed by atoms with Gasteiger partial charge in [-0.1, -0.05) is 78.9 Å². The SMILES string of the molecule is CC(C(=O)O)(C(=O)C(N)Cc1ccccc1)N(C(=O)OCc1ccccc1)c1ccccc1. The number of ether oxygens (including phenoxy) is 1. The van der Waals surface area contributed by atoms with Gasteiger partial charge in [0.15, 0.2) is 5.78 Å². The molecule has 7 nitrogen and oxygen atoms in total. The lowest BCUT2D eigenvalue weighted by atomic mass is 9.86. The molecule has 0 aliphatic heterocycles. The van der Waals surface area contributed by atoms with Gasteiger partial charge in [0.2, 0.25) is 5.54 Å². The number of hydrogen-bond donors (Lipinski definition) is 2. The molecule has 1 amide bonds. The minimum Gasteiger partial charge on any atom is -0.479 e. The predicted molar refractivity (Wildman–Crippen MR) is 125 cm³/mol. The van der Waals surface area contributed by atoms with Gasteiger partial charge in [-0.15, -0.1) is 0 Å². The van der Waals surface area contributed by atoms with Crippen molar-refractivity contribution in [2.45, 2.75) is 31.5 Å². The van der Waals surface area contributed by atoms with Crippen LogP contribution in [0.4, 0.5) is 10.5 Å². The van der Waals surface area contributed by atoms with E-state index in [0.717, 1.165) is 16.0 Å². The highest BCUT2D eigenvalue weighted by Gasteiger charge is 2.52. The van der Waals surface area contributed by atoms with Gasteiger partial charge >= 0.3 is 12.1 Å². The molecule has 0 radical (unpaired) electrons. The summed E-state index contributed by atoms with van der Waals surface area (Å²) in [6.07, 6.45) is -0.834. The minimum absolute atomic E-state index is 0.0804. The van der Waals surface area contributed by atoms with Gasteiger partial charge in [-0.3, -0.25) is 9.69 Å². The van der Waals surface area contributed by atoms with Crippen LogP contribution in [0, 0.1) is 0 Å². The first-order chi connectivity index (χ1) is 15.8. The fourth-order valence-electron chi connectivity index (χ4n) is 3.54. The zero-order valence-electron chi connectivity index (χ0n) is 18.3. The zero-order valence-corrected chi connectivity index (χ0v) is 18.3. The van der Waals surface area contributed by atoms with E-state index in [1.807, 2.05) is 12.1 Å². The van der Waals surface area contributed by atoms with Crippen molar-refractivity contribution in [2.24, 2.45) is 5.73 Å². The van der Waals surface area contributed by atoms with Crippen molar-refractivity contribution < 1.29 is 24.2 Å². The van der Waals surface area contributed by atoms with Gasteiger partial charge in [-0.25, -0.2) is 9.59 Å². The van der Waals surface area contributed by atoms with Gasteiger partial charge in [-0.05, 0) is 36.6 Å². The van der Waals surface area contributed by atoms with E-state index in [-0.39, 0.29) is 18.7 Å². The minimum atomic E-state index is -2.29. The van der Waals surface area contributed by atoms with Crippen LogP contribution in [-0.2, 0) is 27.4 Å². The van der Waals surface area contributed by atoms with E-state index in [1.54, 1.807) is 78.9 Å². The highest BCUT2D eigenvalue weighted by Crippen LogP contribution is 2.28. The lowest BCUT2D eigenvalue weighted by molar-refractivity contribution is -0.148. The number of nitrogens with two attached hydrogens (primary N) is 1. The fourth-order valence-corrected chi connectivity index (χ4v) is 3.54. The lowest BCUT2D eigenvalue weighted by Gasteiger charge is -2.37. The van der Waals surface area contributed by atoms with Crippen LogP contribution in [0.1, 0.15) is 18.1 Å². The van der Waals surface area contributed by atoms with Gasteiger partial charge in [-0.2, -0.15) is 0 Å². The summed E-state index contributed by atoms with van der Waals surface area (Å²) in [6.45, 7) is 1.10. The van der Waals surface area contributed by atoms with Crippen molar-refractivity contribution in [3.63, 3.8) is 0 Å². The molecule has 2 unspecified atom stereocenters. The molecule has 0 fully saturated rings. The number of anilines is 1. The number of carbonyl (C=O) groups is 3. The zero-order chi connectivity index (χ0) is 23.8. The molecule has 0 aliphatic carbocycles. The summed E-state index contributed by atoms with van der Waals surface area (Å²) in [4.78, 5) is 40.0. The molecule has 0 heterocycles. The molecular weight excluding hydrogens is 420 g/mol. The van der Waals surface area contributed by atoms with E-state index >= 15 is 0 Å². The number of para-hydroxylation sites is 1. The molecule has 170 valence electrons.